The smallest absolute Gasteiger partial charge is 0.256 e. The summed E-state index contributed by atoms with van der Waals surface area (Å²) in [5.41, 5.74) is 2.53. The van der Waals surface area contributed by atoms with Gasteiger partial charge in [0.1, 0.15) is 5.75 Å². The Kier molecular flexibility index (Phi) is 3.88. The van der Waals surface area contributed by atoms with Crippen molar-refractivity contribution in [1.29, 1.82) is 0 Å². The highest BCUT2D eigenvalue weighted by Crippen LogP contribution is 2.22. The Balaban J connectivity index is 2.04. The number of pyridine rings is 1. The average molecular weight is 290 g/mol. The first-order valence-electron chi connectivity index (χ1n) is 7.00. The van der Waals surface area contributed by atoms with E-state index in [0.29, 0.717) is 5.69 Å². The minimum Gasteiger partial charge on any atom is -0.508 e. The lowest BCUT2D eigenvalue weighted by atomic mass is 10.2. The van der Waals surface area contributed by atoms with Crippen LogP contribution in [0, 0.1) is 0 Å². The summed E-state index contributed by atoms with van der Waals surface area (Å²) in [4.78, 5) is 0. The number of aromatic hydroxyl groups is 2. The average Bonchev–Trinajstić information content (AvgIpc) is 2.56. The maximum atomic E-state index is 10.0. The third kappa shape index (κ3) is 2.99. The first-order chi connectivity index (χ1) is 10.7. The zero-order valence-electron chi connectivity index (χ0n) is 11.9. The third-order valence-corrected chi connectivity index (χ3v) is 3.36. The molecule has 22 heavy (non-hydrogen) atoms. The SMILES string of the molecule is Oc1ccc(O)c(-[n+]2ccccc2/C=C/c2ccccc2)c1. The van der Waals surface area contributed by atoms with E-state index in [1.54, 1.807) is 0 Å². The highest BCUT2D eigenvalue weighted by atomic mass is 16.3. The van der Waals surface area contributed by atoms with Gasteiger partial charge in [0.2, 0.25) is 5.69 Å². The van der Waals surface area contributed by atoms with E-state index in [-0.39, 0.29) is 11.5 Å². The fraction of sp³-hybridized carbons (Fsp3) is 0. The van der Waals surface area contributed by atoms with E-state index < -0.39 is 0 Å². The second-order valence-corrected chi connectivity index (χ2v) is 4.91. The van der Waals surface area contributed by atoms with Crippen LogP contribution in [-0.4, -0.2) is 10.2 Å². The molecule has 0 saturated carbocycles. The predicted molar refractivity (Wildman–Crippen MR) is 86.7 cm³/mol. The van der Waals surface area contributed by atoms with Gasteiger partial charge in [-0.05, 0) is 29.8 Å². The van der Waals surface area contributed by atoms with Crippen molar-refractivity contribution in [3.05, 3.63) is 84.2 Å². The van der Waals surface area contributed by atoms with Gasteiger partial charge < -0.3 is 10.2 Å². The van der Waals surface area contributed by atoms with Crippen LogP contribution in [-0.2, 0) is 0 Å². The maximum Gasteiger partial charge on any atom is 0.256 e. The summed E-state index contributed by atoms with van der Waals surface area (Å²) in [6, 6.07) is 20.2. The van der Waals surface area contributed by atoms with Crippen LogP contribution in [0.4, 0.5) is 0 Å². The second-order valence-electron chi connectivity index (χ2n) is 4.91. The molecule has 0 radical (unpaired) electrons. The van der Waals surface area contributed by atoms with Crippen LogP contribution in [0.15, 0.2) is 72.9 Å². The van der Waals surface area contributed by atoms with Crippen LogP contribution in [0.3, 0.4) is 0 Å². The third-order valence-electron chi connectivity index (χ3n) is 3.36. The standard InChI is InChI=1S/C19H15NO2/c21-17-11-12-19(22)18(14-17)20-13-5-4-8-16(20)10-9-15-6-2-1-3-7-15/h1-14H,(H-,21,22)/p+1/b10-9+. The van der Waals surface area contributed by atoms with Crippen LogP contribution in [0.1, 0.15) is 11.3 Å². The quantitative estimate of drug-likeness (QED) is 0.572. The molecule has 0 unspecified atom stereocenters. The van der Waals surface area contributed by atoms with E-state index in [1.807, 2.05) is 71.4 Å². The Bertz CT molecular complexity index is 811. The van der Waals surface area contributed by atoms with E-state index in [9.17, 15) is 10.2 Å². The lowest BCUT2D eigenvalue weighted by Gasteiger charge is -2.02. The summed E-state index contributed by atoms with van der Waals surface area (Å²) in [5.74, 6) is 0.227. The van der Waals surface area contributed by atoms with Gasteiger partial charge in [-0.2, -0.15) is 4.57 Å². The molecule has 0 amide bonds. The molecule has 3 aromatic rings. The van der Waals surface area contributed by atoms with Crippen molar-refractivity contribution in [3.8, 4) is 17.2 Å². The van der Waals surface area contributed by atoms with Crippen LogP contribution < -0.4 is 4.57 Å². The monoisotopic (exact) mass is 290 g/mol. The number of benzene rings is 2. The van der Waals surface area contributed by atoms with Gasteiger partial charge in [0, 0.05) is 18.2 Å². The number of nitrogens with zero attached hydrogens (tertiary/aromatic N) is 1. The van der Waals surface area contributed by atoms with Gasteiger partial charge in [0.15, 0.2) is 11.9 Å². The Morgan fingerprint density at radius 1 is 0.773 bits per heavy atom. The largest absolute Gasteiger partial charge is 0.508 e. The first kappa shape index (κ1) is 13.9. The Morgan fingerprint density at radius 3 is 2.36 bits per heavy atom. The van der Waals surface area contributed by atoms with Crippen molar-refractivity contribution >= 4 is 12.2 Å². The normalized spacial score (nSPS) is 10.9. The van der Waals surface area contributed by atoms with Crippen molar-refractivity contribution in [2.24, 2.45) is 0 Å². The molecule has 108 valence electrons. The molecule has 3 nitrogen and oxygen atoms in total. The minimum atomic E-state index is 0.113. The van der Waals surface area contributed by atoms with Gasteiger partial charge in [0.25, 0.3) is 5.69 Å². The topological polar surface area (TPSA) is 44.3 Å². The van der Waals surface area contributed by atoms with Crippen LogP contribution in [0.25, 0.3) is 17.8 Å². The summed E-state index contributed by atoms with van der Waals surface area (Å²) in [6.07, 6.45) is 5.82. The maximum absolute atomic E-state index is 10.0. The van der Waals surface area contributed by atoms with Gasteiger partial charge in [0.05, 0.1) is 6.07 Å². The lowest BCUT2D eigenvalue weighted by molar-refractivity contribution is -0.598. The van der Waals surface area contributed by atoms with Crippen LogP contribution in [0.2, 0.25) is 0 Å². The highest BCUT2D eigenvalue weighted by molar-refractivity contribution is 5.67. The van der Waals surface area contributed by atoms with E-state index >= 15 is 0 Å². The molecule has 1 heterocycles. The summed E-state index contributed by atoms with van der Waals surface area (Å²) < 4.78 is 1.83. The Labute approximate surface area is 129 Å². The molecule has 0 spiro atoms. The Morgan fingerprint density at radius 2 is 1.55 bits per heavy atom. The fourth-order valence-electron chi connectivity index (χ4n) is 2.26. The molecule has 0 aliphatic heterocycles. The number of hydrogen-bond donors (Lipinski definition) is 2. The molecule has 0 aliphatic carbocycles. The predicted octanol–water partition coefficient (Wildman–Crippen LogP) is 3.54. The molecular formula is C19H16NO2+. The number of aromatic nitrogens is 1. The Hall–Kier alpha value is -3.07. The summed E-state index contributed by atoms with van der Waals surface area (Å²) >= 11 is 0. The molecule has 0 saturated heterocycles. The van der Waals surface area contributed by atoms with Crippen molar-refractivity contribution in [2.45, 2.75) is 0 Å². The summed E-state index contributed by atoms with van der Waals surface area (Å²) in [6.45, 7) is 0. The number of hydrogen-bond acceptors (Lipinski definition) is 2. The zero-order chi connectivity index (χ0) is 15.4. The lowest BCUT2D eigenvalue weighted by Crippen LogP contribution is -2.33. The molecule has 1 aromatic heterocycles. The molecule has 0 fully saturated rings. The molecule has 0 bridgehead atoms. The minimum absolute atomic E-state index is 0.113. The van der Waals surface area contributed by atoms with Crippen LogP contribution >= 0.6 is 0 Å². The number of rotatable bonds is 3. The van der Waals surface area contributed by atoms with Gasteiger partial charge >= 0.3 is 0 Å². The van der Waals surface area contributed by atoms with E-state index in [0.717, 1.165) is 11.3 Å². The molecular weight excluding hydrogens is 274 g/mol. The second kappa shape index (κ2) is 6.14. The van der Waals surface area contributed by atoms with Gasteiger partial charge in [-0.1, -0.05) is 30.3 Å². The molecule has 0 aliphatic rings. The van der Waals surface area contributed by atoms with Crippen LogP contribution in [0.5, 0.6) is 11.5 Å². The van der Waals surface area contributed by atoms with Gasteiger partial charge in [-0.3, -0.25) is 0 Å². The van der Waals surface area contributed by atoms with E-state index in [4.69, 9.17) is 0 Å². The fourth-order valence-corrected chi connectivity index (χ4v) is 2.26. The number of phenolic OH excluding ortho intramolecular Hbond substituents is 2. The molecule has 3 rings (SSSR count). The van der Waals surface area contributed by atoms with E-state index in [2.05, 4.69) is 0 Å². The molecule has 2 N–H and O–H groups in total. The van der Waals surface area contributed by atoms with Crippen molar-refractivity contribution in [2.75, 3.05) is 0 Å². The summed E-state index contributed by atoms with van der Waals surface area (Å²) in [5, 5.41) is 19.7. The van der Waals surface area contributed by atoms with Crippen molar-refractivity contribution < 1.29 is 14.8 Å². The first-order valence-corrected chi connectivity index (χ1v) is 7.00. The van der Waals surface area contributed by atoms with Gasteiger partial charge in [-0.25, -0.2) is 0 Å². The van der Waals surface area contributed by atoms with Crippen molar-refractivity contribution in [3.63, 3.8) is 0 Å². The zero-order valence-corrected chi connectivity index (χ0v) is 11.9. The molecule has 2 aromatic carbocycles. The molecule has 3 heteroatoms. The van der Waals surface area contributed by atoms with Gasteiger partial charge in [-0.15, -0.1) is 0 Å². The number of phenols is 2. The summed E-state index contributed by atoms with van der Waals surface area (Å²) in [7, 11) is 0. The highest BCUT2D eigenvalue weighted by Gasteiger charge is 2.16. The van der Waals surface area contributed by atoms with Crippen molar-refractivity contribution in [1.82, 2.24) is 0 Å². The molecule has 0 atom stereocenters. The van der Waals surface area contributed by atoms with E-state index in [1.165, 1.54) is 18.2 Å².